The van der Waals surface area contributed by atoms with Gasteiger partial charge >= 0.3 is 12.1 Å². The summed E-state index contributed by atoms with van der Waals surface area (Å²) >= 11 is 2.92. The van der Waals surface area contributed by atoms with Crippen molar-refractivity contribution in [2.75, 3.05) is 13.7 Å². The second-order valence-electron chi connectivity index (χ2n) is 3.25. The quantitative estimate of drug-likeness (QED) is 0.795. The molecule has 18 heavy (non-hydrogen) atoms. The number of methoxy groups -OCH3 is 1. The highest BCUT2D eigenvalue weighted by Gasteiger charge is 2.35. The minimum atomic E-state index is -4.55. The Kier molecular flexibility index (Phi) is 4.61. The molecule has 0 aromatic heterocycles. The number of ether oxygens (including phenoxy) is 2. The van der Waals surface area contributed by atoms with Crippen molar-refractivity contribution in [3.8, 4) is 5.75 Å². The smallest absolute Gasteiger partial charge is 0.420 e. The summed E-state index contributed by atoms with van der Waals surface area (Å²) in [6, 6.07) is 1.80. The van der Waals surface area contributed by atoms with Crippen LogP contribution in [-0.2, 0) is 10.9 Å². The maximum atomic E-state index is 12.7. The van der Waals surface area contributed by atoms with Crippen LogP contribution in [0, 0.1) is 0 Å². The largest absolute Gasteiger partial charge is 0.496 e. The third kappa shape index (κ3) is 3.16. The molecule has 0 saturated carbocycles. The molecular weight excluding hydrogens is 317 g/mol. The Morgan fingerprint density at radius 2 is 2.00 bits per heavy atom. The van der Waals surface area contributed by atoms with E-state index in [-0.39, 0.29) is 16.6 Å². The number of esters is 1. The number of halogens is 4. The van der Waals surface area contributed by atoms with Gasteiger partial charge in [-0.2, -0.15) is 13.2 Å². The van der Waals surface area contributed by atoms with E-state index in [1.165, 1.54) is 0 Å². The molecule has 0 saturated heterocycles. The molecule has 1 aromatic carbocycles. The van der Waals surface area contributed by atoms with Crippen LogP contribution in [0.5, 0.6) is 5.75 Å². The highest BCUT2D eigenvalue weighted by Crippen LogP contribution is 2.39. The molecule has 0 heterocycles. The highest BCUT2D eigenvalue weighted by atomic mass is 79.9. The molecule has 3 nitrogen and oxygen atoms in total. The molecule has 1 aromatic rings. The molecule has 100 valence electrons. The summed E-state index contributed by atoms with van der Waals surface area (Å²) in [5.74, 6) is -1.13. The second kappa shape index (κ2) is 5.60. The number of hydrogen-bond acceptors (Lipinski definition) is 3. The zero-order valence-electron chi connectivity index (χ0n) is 9.60. The van der Waals surface area contributed by atoms with Crippen LogP contribution >= 0.6 is 15.9 Å². The average molecular weight is 327 g/mol. The van der Waals surface area contributed by atoms with Crippen LogP contribution < -0.4 is 4.74 Å². The maximum Gasteiger partial charge on any atom is 0.420 e. The van der Waals surface area contributed by atoms with Crippen molar-refractivity contribution < 1.29 is 27.4 Å². The standard InChI is InChI=1S/C11H10BrF3O3/c1-3-18-10(16)6-4-9(17-2)7(5-8(6)12)11(13,14)15/h4-5H,3H2,1-2H3. The van der Waals surface area contributed by atoms with Crippen LogP contribution in [0.1, 0.15) is 22.8 Å². The Bertz CT molecular complexity index is 458. The van der Waals surface area contributed by atoms with E-state index in [9.17, 15) is 18.0 Å². The summed E-state index contributed by atoms with van der Waals surface area (Å²) in [5, 5.41) is 0. The lowest BCUT2D eigenvalue weighted by Crippen LogP contribution is -2.11. The van der Waals surface area contributed by atoms with Crippen LogP contribution in [0.4, 0.5) is 13.2 Å². The zero-order valence-corrected chi connectivity index (χ0v) is 11.2. The van der Waals surface area contributed by atoms with Crippen molar-refractivity contribution in [1.82, 2.24) is 0 Å². The molecule has 0 N–H and O–H groups in total. The SMILES string of the molecule is CCOC(=O)c1cc(OC)c(C(F)(F)F)cc1Br. The van der Waals surface area contributed by atoms with Crippen molar-refractivity contribution in [1.29, 1.82) is 0 Å². The normalized spacial score (nSPS) is 11.2. The number of rotatable bonds is 3. The predicted molar refractivity (Wildman–Crippen MR) is 61.7 cm³/mol. The summed E-state index contributed by atoms with van der Waals surface area (Å²) in [7, 11) is 1.10. The molecule has 0 amide bonds. The molecule has 0 atom stereocenters. The first-order valence-electron chi connectivity index (χ1n) is 4.93. The van der Waals surface area contributed by atoms with Gasteiger partial charge in [0.05, 0.1) is 24.8 Å². The Morgan fingerprint density at radius 1 is 1.39 bits per heavy atom. The van der Waals surface area contributed by atoms with E-state index in [1.54, 1.807) is 6.92 Å². The van der Waals surface area contributed by atoms with Gasteiger partial charge in [-0.15, -0.1) is 0 Å². The van der Waals surface area contributed by atoms with E-state index in [2.05, 4.69) is 20.7 Å². The minimum Gasteiger partial charge on any atom is -0.496 e. The van der Waals surface area contributed by atoms with Crippen LogP contribution in [0.15, 0.2) is 16.6 Å². The molecular formula is C11H10BrF3O3. The van der Waals surface area contributed by atoms with Crippen LogP contribution in [0.2, 0.25) is 0 Å². The average Bonchev–Trinajstić information content (AvgIpc) is 2.27. The monoisotopic (exact) mass is 326 g/mol. The number of hydrogen-bond donors (Lipinski definition) is 0. The van der Waals surface area contributed by atoms with Gasteiger partial charge in [-0.3, -0.25) is 0 Å². The molecule has 0 aliphatic rings. The second-order valence-corrected chi connectivity index (χ2v) is 4.10. The Labute approximate surface area is 110 Å². The van der Waals surface area contributed by atoms with Gasteiger partial charge < -0.3 is 9.47 Å². The van der Waals surface area contributed by atoms with E-state index in [0.717, 1.165) is 19.2 Å². The van der Waals surface area contributed by atoms with E-state index in [0.29, 0.717) is 0 Å². The first-order valence-corrected chi connectivity index (χ1v) is 5.72. The van der Waals surface area contributed by atoms with E-state index in [4.69, 9.17) is 4.74 Å². The van der Waals surface area contributed by atoms with Crippen LogP contribution in [-0.4, -0.2) is 19.7 Å². The lowest BCUT2D eigenvalue weighted by atomic mass is 10.1. The van der Waals surface area contributed by atoms with E-state index in [1.807, 2.05) is 0 Å². The molecule has 0 fully saturated rings. The molecule has 0 unspecified atom stereocenters. The third-order valence-corrected chi connectivity index (χ3v) is 2.75. The zero-order chi connectivity index (χ0) is 13.9. The molecule has 1 rings (SSSR count). The number of alkyl halides is 3. The molecule has 0 spiro atoms. The van der Waals surface area contributed by atoms with Crippen LogP contribution in [0.3, 0.4) is 0 Å². The van der Waals surface area contributed by atoms with E-state index >= 15 is 0 Å². The van der Waals surface area contributed by atoms with Crippen LogP contribution in [0.25, 0.3) is 0 Å². The van der Waals surface area contributed by atoms with Gasteiger partial charge in [-0.1, -0.05) is 0 Å². The molecule has 0 radical (unpaired) electrons. The molecule has 0 aliphatic carbocycles. The van der Waals surface area contributed by atoms with Crippen molar-refractivity contribution in [3.05, 3.63) is 27.7 Å². The lowest BCUT2D eigenvalue weighted by molar-refractivity contribution is -0.138. The summed E-state index contributed by atoms with van der Waals surface area (Å²) < 4.78 is 47.4. The van der Waals surface area contributed by atoms with Crippen molar-refractivity contribution >= 4 is 21.9 Å². The van der Waals surface area contributed by atoms with Gasteiger partial charge in [0, 0.05) is 4.47 Å². The highest BCUT2D eigenvalue weighted by molar-refractivity contribution is 9.10. The summed E-state index contributed by atoms with van der Waals surface area (Å²) in [5.41, 5.74) is -0.966. The Balaban J connectivity index is 3.31. The molecule has 0 bridgehead atoms. The molecule has 0 aliphatic heterocycles. The first kappa shape index (κ1) is 14.8. The van der Waals surface area contributed by atoms with Gasteiger partial charge in [0.25, 0.3) is 0 Å². The minimum absolute atomic E-state index is 0.00840. The summed E-state index contributed by atoms with van der Waals surface area (Å²) in [6.45, 7) is 1.74. The Hall–Kier alpha value is -1.24. The van der Waals surface area contributed by atoms with E-state index < -0.39 is 23.5 Å². The predicted octanol–water partition coefficient (Wildman–Crippen LogP) is 3.65. The van der Waals surface area contributed by atoms with Crippen molar-refractivity contribution in [2.45, 2.75) is 13.1 Å². The number of carbonyl (C=O) groups excluding carboxylic acids is 1. The summed E-state index contributed by atoms with van der Waals surface area (Å²) in [6.07, 6.45) is -4.55. The van der Waals surface area contributed by atoms with Crippen molar-refractivity contribution in [2.24, 2.45) is 0 Å². The van der Waals surface area contributed by atoms with Crippen molar-refractivity contribution in [3.63, 3.8) is 0 Å². The first-order chi connectivity index (χ1) is 8.31. The molecule has 7 heteroatoms. The fraction of sp³-hybridized carbons (Fsp3) is 0.364. The van der Waals surface area contributed by atoms with Gasteiger partial charge in [-0.25, -0.2) is 4.79 Å². The van der Waals surface area contributed by atoms with Gasteiger partial charge in [0.15, 0.2) is 0 Å². The fourth-order valence-corrected chi connectivity index (χ4v) is 1.81. The maximum absolute atomic E-state index is 12.7. The van der Waals surface area contributed by atoms with Gasteiger partial charge in [-0.05, 0) is 35.0 Å². The number of carbonyl (C=O) groups is 1. The number of benzene rings is 1. The topological polar surface area (TPSA) is 35.5 Å². The Morgan fingerprint density at radius 3 is 2.44 bits per heavy atom. The fourth-order valence-electron chi connectivity index (χ4n) is 1.31. The third-order valence-electron chi connectivity index (χ3n) is 2.09. The van der Waals surface area contributed by atoms with Gasteiger partial charge in [0.2, 0.25) is 0 Å². The summed E-state index contributed by atoms with van der Waals surface area (Å²) in [4.78, 5) is 11.5. The lowest BCUT2D eigenvalue weighted by Gasteiger charge is -2.14. The van der Waals surface area contributed by atoms with Gasteiger partial charge in [0.1, 0.15) is 5.75 Å².